The zero-order chi connectivity index (χ0) is 24.2. The third-order valence-electron chi connectivity index (χ3n) is 6.24. The molecule has 2 aromatic heterocycles. The van der Waals surface area contributed by atoms with E-state index in [4.69, 9.17) is 4.74 Å². The highest BCUT2D eigenvalue weighted by Crippen LogP contribution is 2.30. The molecule has 0 bridgehead atoms. The monoisotopic (exact) mass is 469 g/mol. The molecule has 4 aromatic rings. The van der Waals surface area contributed by atoms with E-state index in [0.29, 0.717) is 25.7 Å². The van der Waals surface area contributed by atoms with Crippen molar-refractivity contribution in [2.75, 3.05) is 34.8 Å². The van der Waals surface area contributed by atoms with E-state index in [1.165, 1.54) is 0 Å². The molecule has 2 aromatic carbocycles. The Morgan fingerprint density at radius 1 is 1.11 bits per heavy atom. The molecule has 0 saturated carbocycles. The Balaban J connectivity index is 1.31. The number of anilines is 3. The van der Waals surface area contributed by atoms with Crippen LogP contribution in [0.2, 0.25) is 0 Å². The first-order valence-corrected chi connectivity index (χ1v) is 12.1. The summed E-state index contributed by atoms with van der Waals surface area (Å²) in [6.07, 6.45) is 2.84. The standard InChI is InChI=1S/C28H31N5O2/c1-20(2)30-26-9-6-12-29-28(26)32-13-14-33(23(17-32)18-34)27-16-22-15-24(10-11-25(22)31-27)35-19-21-7-4-3-5-8-21/h3-12,15-16,18,20,23,30-31H,13-14,17,19H2,1-2H3. The van der Waals surface area contributed by atoms with Crippen LogP contribution in [0.3, 0.4) is 0 Å². The van der Waals surface area contributed by atoms with Crippen molar-refractivity contribution >= 4 is 34.5 Å². The summed E-state index contributed by atoms with van der Waals surface area (Å²) in [6.45, 7) is 6.81. The average Bonchev–Trinajstić information content (AvgIpc) is 3.31. The van der Waals surface area contributed by atoms with E-state index in [1.807, 2.05) is 48.5 Å². The molecule has 35 heavy (non-hydrogen) atoms. The normalized spacial score (nSPS) is 16.0. The number of benzene rings is 2. The first kappa shape index (κ1) is 22.8. The molecule has 7 heteroatoms. The second-order valence-corrected chi connectivity index (χ2v) is 9.19. The van der Waals surface area contributed by atoms with Crippen LogP contribution in [0.15, 0.2) is 72.9 Å². The number of rotatable bonds is 8. The van der Waals surface area contributed by atoms with Crippen molar-refractivity contribution in [2.45, 2.75) is 32.5 Å². The van der Waals surface area contributed by atoms with E-state index >= 15 is 0 Å². The van der Waals surface area contributed by atoms with Gasteiger partial charge in [-0.25, -0.2) is 4.98 Å². The van der Waals surface area contributed by atoms with Gasteiger partial charge < -0.3 is 29.6 Å². The van der Waals surface area contributed by atoms with Gasteiger partial charge in [0, 0.05) is 42.8 Å². The molecule has 1 saturated heterocycles. The van der Waals surface area contributed by atoms with Crippen LogP contribution in [0.25, 0.3) is 10.9 Å². The van der Waals surface area contributed by atoms with E-state index in [0.717, 1.165) is 52.4 Å². The molecule has 1 atom stereocenters. The minimum absolute atomic E-state index is 0.278. The highest BCUT2D eigenvalue weighted by Gasteiger charge is 2.29. The summed E-state index contributed by atoms with van der Waals surface area (Å²) in [7, 11) is 0. The highest BCUT2D eigenvalue weighted by molar-refractivity contribution is 5.86. The van der Waals surface area contributed by atoms with Gasteiger partial charge in [0.05, 0.1) is 5.69 Å². The van der Waals surface area contributed by atoms with Crippen LogP contribution in [0, 0.1) is 0 Å². The topological polar surface area (TPSA) is 73.5 Å². The number of hydrogen-bond donors (Lipinski definition) is 2. The van der Waals surface area contributed by atoms with Gasteiger partial charge in [-0.15, -0.1) is 0 Å². The molecule has 1 aliphatic rings. The van der Waals surface area contributed by atoms with Gasteiger partial charge in [0.25, 0.3) is 0 Å². The number of ether oxygens (including phenoxy) is 1. The number of aromatic amines is 1. The largest absolute Gasteiger partial charge is 0.489 e. The molecule has 1 fully saturated rings. The molecule has 180 valence electrons. The van der Waals surface area contributed by atoms with Gasteiger partial charge in [-0.05, 0) is 55.8 Å². The molecule has 0 spiro atoms. The molecule has 5 rings (SSSR count). The number of nitrogens with zero attached hydrogens (tertiary/aromatic N) is 3. The van der Waals surface area contributed by atoms with Gasteiger partial charge in [-0.1, -0.05) is 30.3 Å². The summed E-state index contributed by atoms with van der Waals surface area (Å²) >= 11 is 0. The van der Waals surface area contributed by atoms with Crippen LogP contribution in [0.1, 0.15) is 19.4 Å². The molecule has 0 amide bonds. The maximum atomic E-state index is 12.1. The lowest BCUT2D eigenvalue weighted by Crippen LogP contribution is -2.54. The third kappa shape index (κ3) is 5.09. The van der Waals surface area contributed by atoms with Crippen molar-refractivity contribution in [1.29, 1.82) is 0 Å². The molecule has 1 aliphatic heterocycles. The highest BCUT2D eigenvalue weighted by atomic mass is 16.5. The zero-order valence-corrected chi connectivity index (χ0v) is 20.1. The fraction of sp³-hybridized carbons (Fsp3) is 0.286. The van der Waals surface area contributed by atoms with Crippen LogP contribution >= 0.6 is 0 Å². The van der Waals surface area contributed by atoms with Crippen LogP contribution in [0.5, 0.6) is 5.75 Å². The summed E-state index contributed by atoms with van der Waals surface area (Å²) in [5.41, 5.74) is 3.15. The minimum Gasteiger partial charge on any atom is -0.489 e. The minimum atomic E-state index is -0.278. The van der Waals surface area contributed by atoms with E-state index in [-0.39, 0.29) is 6.04 Å². The van der Waals surface area contributed by atoms with Crippen molar-refractivity contribution in [3.8, 4) is 5.75 Å². The summed E-state index contributed by atoms with van der Waals surface area (Å²) in [6, 6.07) is 22.3. The average molecular weight is 470 g/mol. The van der Waals surface area contributed by atoms with E-state index in [1.54, 1.807) is 6.20 Å². The molecular weight excluding hydrogens is 438 g/mol. The van der Waals surface area contributed by atoms with Crippen molar-refractivity contribution in [2.24, 2.45) is 0 Å². The number of fused-ring (bicyclic) bond motifs is 1. The number of nitrogens with one attached hydrogen (secondary N) is 2. The van der Waals surface area contributed by atoms with E-state index in [9.17, 15) is 4.79 Å². The van der Waals surface area contributed by atoms with Crippen molar-refractivity contribution in [1.82, 2.24) is 9.97 Å². The number of aromatic nitrogens is 2. The van der Waals surface area contributed by atoms with Crippen LogP contribution < -0.4 is 19.9 Å². The quantitative estimate of drug-likeness (QED) is 0.359. The Morgan fingerprint density at radius 2 is 1.97 bits per heavy atom. The lowest BCUT2D eigenvalue weighted by molar-refractivity contribution is -0.109. The number of pyridine rings is 1. The first-order chi connectivity index (χ1) is 17.1. The fourth-order valence-corrected chi connectivity index (χ4v) is 4.57. The molecule has 0 aliphatic carbocycles. The summed E-state index contributed by atoms with van der Waals surface area (Å²) < 4.78 is 6.00. The Labute approximate surface area is 205 Å². The predicted octanol–water partition coefficient (Wildman–Crippen LogP) is 4.86. The van der Waals surface area contributed by atoms with E-state index < -0.39 is 0 Å². The van der Waals surface area contributed by atoms with Gasteiger partial charge in [-0.2, -0.15) is 0 Å². The molecule has 7 nitrogen and oxygen atoms in total. The third-order valence-corrected chi connectivity index (χ3v) is 6.24. The Kier molecular flexibility index (Phi) is 6.57. The molecule has 0 radical (unpaired) electrons. The lowest BCUT2D eigenvalue weighted by atomic mass is 10.1. The molecule has 2 N–H and O–H groups in total. The smallest absolute Gasteiger partial charge is 0.152 e. The van der Waals surface area contributed by atoms with Crippen molar-refractivity contribution in [3.63, 3.8) is 0 Å². The second-order valence-electron chi connectivity index (χ2n) is 9.19. The molecule has 1 unspecified atom stereocenters. The summed E-state index contributed by atoms with van der Waals surface area (Å²) in [5, 5.41) is 4.53. The van der Waals surface area contributed by atoms with Gasteiger partial charge in [-0.3, -0.25) is 0 Å². The first-order valence-electron chi connectivity index (χ1n) is 12.1. The molecule has 3 heterocycles. The lowest BCUT2D eigenvalue weighted by Gasteiger charge is -2.40. The maximum absolute atomic E-state index is 12.1. The Morgan fingerprint density at radius 3 is 2.77 bits per heavy atom. The van der Waals surface area contributed by atoms with Crippen LogP contribution in [-0.4, -0.2) is 48.0 Å². The zero-order valence-electron chi connectivity index (χ0n) is 20.1. The number of piperazine rings is 1. The Bertz CT molecular complexity index is 1290. The van der Waals surface area contributed by atoms with Crippen LogP contribution in [-0.2, 0) is 11.4 Å². The van der Waals surface area contributed by atoms with Gasteiger partial charge in [0.2, 0.25) is 0 Å². The van der Waals surface area contributed by atoms with Crippen molar-refractivity contribution < 1.29 is 9.53 Å². The second kappa shape index (κ2) is 10.1. The number of carbonyl (C=O) groups is 1. The summed E-state index contributed by atoms with van der Waals surface area (Å²) in [4.78, 5) is 24.6. The van der Waals surface area contributed by atoms with Gasteiger partial charge in [0.1, 0.15) is 30.5 Å². The summed E-state index contributed by atoms with van der Waals surface area (Å²) in [5.74, 6) is 2.66. The predicted molar refractivity (Wildman–Crippen MR) is 141 cm³/mol. The fourth-order valence-electron chi connectivity index (χ4n) is 4.57. The molecular formula is C28H31N5O2. The number of hydrogen-bond acceptors (Lipinski definition) is 6. The van der Waals surface area contributed by atoms with E-state index in [2.05, 4.69) is 57.1 Å². The van der Waals surface area contributed by atoms with Crippen LogP contribution in [0.4, 0.5) is 17.3 Å². The number of H-pyrrole nitrogens is 1. The number of aldehydes is 1. The number of carbonyl (C=O) groups excluding carboxylic acids is 1. The maximum Gasteiger partial charge on any atom is 0.152 e. The van der Waals surface area contributed by atoms with Gasteiger partial charge in [0.15, 0.2) is 5.82 Å². The van der Waals surface area contributed by atoms with Gasteiger partial charge >= 0.3 is 0 Å². The van der Waals surface area contributed by atoms with Crippen molar-refractivity contribution in [3.05, 3.63) is 78.5 Å². The Hall–Kier alpha value is -4.00. The SMILES string of the molecule is CC(C)Nc1cccnc1N1CCN(c2cc3cc(OCc4ccccc4)ccc3[nH]2)C(C=O)C1.